The summed E-state index contributed by atoms with van der Waals surface area (Å²) >= 11 is 0. The maximum Gasteiger partial charge on any atom is 0.335 e. The number of rotatable bonds is 6. The molecule has 8 N–H and O–H groups in total. The van der Waals surface area contributed by atoms with E-state index in [1.54, 1.807) is 0 Å². The molecular formula is C7H14N4O4. The largest absolute Gasteiger partial charge is 0.479 e. The lowest BCUT2D eigenvalue weighted by Gasteiger charge is -2.18. The first-order valence-corrected chi connectivity index (χ1v) is 4.11. The summed E-state index contributed by atoms with van der Waals surface area (Å²) in [6, 6.07) is 0. The van der Waals surface area contributed by atoms with Crippen molar-refractivity contribution in [3.05, 3.63) is 0 Å². The molecule has 0 heterocycles. The van der Waals surface area contributed by atoms with Crippen LogP contribution in [0.15, 0.2) is 4.99 Å². The van der Waals surface area contributed by atoms with Gasteiger partial charge in [0.2, 0.25) is 5.54 Å². The number of carboxylic acid groups (broad SMARTS) is 2. The van der Waals surface area contributed by atoms with Gasteiger partial charge in [-0.3, -0.25) is 4.99 Å². The molecule has 0 aliphatic heterocycles. The van der Waals surface area contributed by atoms with Gasteiger partial charge in [-0.1, -0.05) is 0 Å². The highest BCUT2D eigenvalue weighted by Gasteiger charge is 2.41. The molecule has 0 saturated carbocycles. The van der Waals surface area contributed by atoms with Crippen LogP contribution in [-0.4, -0.2) is 40.2 Å². The third-order valence-electron chi connectivity index (χ3n) is 1.79. The van der Waals surface area contributed by atoms with E-state index in [1.165, 1.54) is 0 Å². The van der Waals surface area contributed by atoms with Gasteiger partial charge in [-0.25, -0.2) is 9.59 Å². The summed E-state index contributed by atoms with van der Waals surface area (Å²) < 4.78 is 0. The fraction of sp³-hybridized carbons (Fsp3) is 0.571. The van der Waals surface area contributed by atoms with Crippen LogP contribution >= 0.6 is 0 Å². The third-order valence-corrected chi connectivity index (χ3v) is 1.79. The fourth-order valence-electron chi connectivity index (χ4n) is 0.871. The van der Waals surface area contributed by atoms with Gasteiger partial charge >= 0.3 is 11.9 Å². The molecule has 0 radical (unpaired) electrons. The van der Waals surface area contributed by atoms with Gasteiger partial charge in [-0.2, -0.15) is 0 Å². The molecule has 0 aromatic rings. The van der Waals surface area contributed by atoms with Crippen LogP contribution in [0.1, 0.15) is 12.8 Å². The van der Waals surface area contributed by atoms with Gasteiger partial charge in [-0.05, 0) is 12.8 Å². The fourth-order valence-corrected chi connectivity index (χ4v) is 0.871. The molecule has 15 heavy (non-hydrogen) atoms. The molecule has 86 valence electrons. The summed E-state index contributed by atoms with van der Waals surface area (Å²) in [5.41, 5.74) is 13.0. The second-order valence-electron chi connectivity index (χ2n) is 2.99. The van der Waals surface area contributed by atoms with Crippen LogP contribution < -0.4 is 17.2 Å². The van der Waals surface area contributed by atoms with Crippen LogP contribution in [0.4, 0.5) is 0 Å². The van der Waals surface area contributed by atoms with E-state index in [0.717, 1.165) is 0 Å². The third kappa shape index (κ3) is 3.81. The zero-order chi connectivity index (χ0) is 12.1. The molecule has 0 aromatic heterocycles. The van der Waals surface area contributed by atoms with Crippen molar-refractivity contribution in [2.45, 2.75) is 18.4 Å². The zero-order valence-corrected chi connectivity index (χ0v) is 8.01. The Bertz CT molecular complexity index is 271. The minimum Gasteiger partial charge on any atom is -0.479 e. The highest BCUT2D eigenvalue weighted by Crippen LogP contribution is 2.10. The van der Waals surface area contributed by atoms with E-state index in [9.17, 15) is 9.59 Å². The Hall–Kier alpha value is -1.83. The lowest BCUT2D eigenvalue weighted by atomic mass is 9.95. The highest BCUT2D eigenvalue weighted by molar-refractivity contribution is 6.02. The summed E-state index contributed by atoms with van der Waals surface area (Å²) in [4.78, 5) is 24.8. The van der Waals surface area contributed by atoms with Gasteiger partial charge in [0.1, 0.15) is 0 Å². The van der Waals surface area contributed by atoms with Crippen LogP contribution in [0, 0.1) is 0 Å². The van der Waals surface area contributed by atoms with E-state index in [-0.39, 0.29) is 25.3 Å². The second kappa shape index (κ2) is 5.15. The number of aliphatic imine (C=N–C) groups is 1. The average molecular weight is 218 g/mol. The van der Waals surface area contributed by atoms with Crippen LogP contribution in [0.3, 0.4) is 0 Å². The molecule has 0 saturated heterocycles. The van der Waals surface area contributed by atoms with Gasteiger partial charge in [0.25, 0.3) is 0 Å². The smallest absolute Gasteiger partial charge is 0.335 e. The lowest BCUT2D eigenvalue weighted by Crippen LogP contribution is -2.55. The molecule has 8 nitrogen and oxygen atoms in total. The topological polar surface area (TPSA) is 165 Å². The predicted octanol–water partition coefficient (Wildman–Crippen LogP) is -2.09. The maximum absolute atomic E-state index is 10.6. The Morgan fingerprint density at radius 3 is 2.00 bits per heavy atom. The molecule has 0 aromatic carbocycles. The van der Waals surface area contributed by atoms with E-state index < -0.39 is 17.5 Å². The minimum absolute atomic E-state index is 0.136. The molecular weight excluding hydrogens is 204 g/mol. The van der Waals surface area contributed by atoms with Crippen molar-refractivity contribution in [2.75, 3.05) is 6.54 Å². The van der Waals surface area contributed by atoms with Crippen LogP contribution in [0.2, 0.25) is 0 Å². The molecule has 0 amide bonds. The quantitative estimate of drug-likeness (QED) is 0.147. The Morgan fingerprint density at radius 1 is 1.20 bits per heavy atom. The number of hydrogen-bond acceptors (Lipinski definition) is 4. The van der Waals surface area contributed by atoms with E-state index in [4.69, 9.17) is 27.4 Å². The summed E-state index contributed by atoms with van der Waals surface area (Å²) in [6.45, 7) is 0.141. The Morgan fingerprint density at radius 2 is 1.67 bits per heavy atom. The summed E-state index contributed by atoms with van der Waals surface area (Å²) in [5.74, 6) is -3.30. The summed E-state index contributed by atoms with van der Waals surface area (Å²) in [6.07, 6.45) is -0.0680. The SMILES string of the molecule is NC(N)=NCCCC(N)(C(=O)O)C(=O)O. The van der Waals surface area contributed by atoms with E-state index in [2.05, 4.69) is 4.99 Å². The average Bonchev–Trinajstić information content (AvgIpc) is 2.10. The van der Waals surface area contributed by atoms with E-state index in [0.29, 0.717) is 0 Å². The number of guanidine groups is 1. The number of hydrogen-bond donors (Lipinski definition) is 5. The Labute approximate surface area is 85.8 Å². The number of nitrogens with two attached hydrogens (primary N) is 3. The molecule has 0 unspecified atom stereocenters. The molecule has 0 fully saturated rings. The minimum atomic E-state index is -2.28. The Balaban J connectivity index is 4.28. The van der Waals surface area contributed by atoms with Crippen molar-refractivity contribution < 1.29 is 19.8 Å². The summed E-state index contributed by atoms with van der Waals surface area (Å²) in [7, 11) is 0. The second-order valence-corrected chi connectivity index (χ2v) is 2.99. The van der Waals surface area contributed by atoms with Crippen molar-refractivity contribution in [3.8, 4) is 0 Å². The maximum atomic E-state index is 10.6. The van der Waals surface area contributed by atoms with E-state index in [1.807, 2.05) is 0 Å². The van der Waals surface area contributed by atoms with Gasteiger partial charge in [0, 0.05) is 6.54 Å². The zero-order valence-electron chi connectivity index (χ0n) is 8.01. The number of nitrogens with zero attached hydrogens (tertiary/aromatic N) is 1. The number of aliphatic carboxylic acids is 2. The monoisotopic (exact) mass is 218 g/mol. The predicted molar refractivity (Wildman–Crippen MR) is 52.1 cm³/mol. The van der Waals surface area contributed by atoms with Gasteiger partial charge in [-0.15, -0.1) is 0 Å². The van der Waals surface area contributed by atoms with Crippen molar-refractivity contribution in [2.24, 2.45) is 22.2 Å². The molecule has 0 spiro atoms. The van der Waals surface area contributed by atoms with Gasteiger partial charge < -0.3 is 27.4 Å². The van der Waals surface area contributed by atoms with Crippen LogP contribution in [0.5, 0.6) is 0 Å². The van der Waals surface area contributed by atoms with Crippen LogP contribution in [0.25, 0.3) is 0 Å². The standard InChI is InChI=1S/C7H14N4O4/c8-6(9)11-3-1-2-7(10,4(12)13)5(14)15/h1-3,10H2,(H,12,13)(H,14,15)(H4,8,9,11). The first kappa shape index (κ1) is 13.2. The molecule has 0 rings (SSSR count). The normalized spacial score (nSPS) is 10.7. The van der Waals surface area contributed by atoms with Crippen LogP contribution in [-0.2, 0) is 9.59 Å². The van der Waals surface area contributed by atoms with Crippen molar-refractivity contribution >= 4 is 17.9 Å². The van der Waals surface area contributed by atoms with Gasteiger partial charge in [0.15, 0.2) is 5.96 Å². The highest BCUT2D eigenvalue weighted by atomic mass is 16.4. The van der Waals surface area contributed by atoms with Crippen molar-refractivity contribution in [1.82, 2.24) is 0 Å². The Kier molecular flexibility index (Phi) is 4.52. The van der Waals surface area contributed by atoms with E-state index >= 15 is 0 Å². The van der Waals surface area contributed by atoms with Crippen molar-refractivity contribution in [1.29, 1.82) is 0 Å². The molecule has 0 aliphatic carbocycles. The molecule has 0 atom stereocenters. The molecule has 8 heteroatoms. The van der Waals surface area contributed by atoms with Gasteiger partial charge in [0.05, 0.1) is 0 Å². The number of carboxylic acids is 2. The summed E-state index contributed by atoms with van der Waals surface area (Å²) in [5, 5.41) is 17.2. The number of carbonyl (C=O) groups is 2. The first-order chi connectivity index (χ1) is 6.80. The van der Waals surface area contributed by atoms with Crippen molar-refractivity contribution in [3.63, 3.8) is 0 Å². The first-order valence-electron chi connectivity index (χ1n) is 4.11. The lowest BCUT2D eigenvalue weighted by molar-refractivity contribution is -0.157. The molecule has 0 bridgehead atoms. The molecule has 0 aliphatic rings.